The normalized spacial score (nSPS) is 18.1. The first kappa shape index (κ1) is 25.2. The van der Waals surface area contributed by atoms with Crippen LogP contribution in [0.3, 0.4) is 0 Å². The van der Waals surface area contributed by atoms with Crippen molar-refractivity contribution < 1.29 is 13.8 Å². The van der Waals surface area contributed by atoms with E-state index in [1.807, 2.05) is 71.6 Å². The minimum absolute atomic E-state index is 0.00743. The van der Waals surface area contributed by atoms with Crippen LogP contribution in [-0.4, -0.2) is 45.9 Å². The number of carbonyl (C=O) groups excluding carboxylic acids is 2. The molecule has 0 spiro atoms. The molecule has 0 bridgehead atoms. The summed E-state index contributed by atoms with van der Waals surface area (Å²) in [6, 6.07) is 23.6. The maximum atomic E-state index is 14.0. The zero-order chi connectivity index (χ0) is 27.2. The largest absolute Gasteiger partial charge is 0.351 e. The van der Waals surface area contributed by atoms with Crippen LogP contribution in [0.2, 0.25) is 0 Å². The number of nitrogens with one attached hydrogen (secondary N) is 1. The minimum atomic E-state index is -1.06. The van der Waals surface area contributed by atoms with Gasteiger partial charge in [-0.15, -0.1) is 11.3 Å². The van der Waals surface area contributed by atoms with E-state index in [0.717, 1.165) is 49.9 Å². The average Bonchev–Trinajstić information content (AvgIpc) is 3.75. The van der Waals surface area contributed by atoms with Crippen LogP contribution in [0.4, 0.5) is 11.5 Å². The van der Waals surface area contributed by atoms with Crippen molar-refractivity contribution in [2.75, 3.05) is 28.6 Å². The third-order valence-corrected chi connectivity index (χ3v) is 10.3. The molecule has 7 nitrogen and oxygen atoms in total. The van der Waals surface area contributed by atoms with E-state index in [2.05, 4.69) is 10.2 Å². The Bertz CT molecular complexity index is 1660. The third kappa shape index (κ3) is 4.73. The lowest BCUT2D eigenvalue weighted by atomic mass is 10.1. The molecule has 0 saturated heterocycles. The van der Waals surface area contributed by atoms with Crippen LogP contribution >= 0.6 is 11.3 Å². The number of para-hydroxylation sites is 1. The smallest absolute Gasteiger partial charge is 0.276 e. The Kier molecular flexibility index (Phi) is 6.48. The Morgan fingerprint density at radius 2 is 1.77 bits per heavy atom. The fraction of sp³-hybridized carbons (Fsp3) is 0.258. The van der Waals surface area contributed by atoms with Gasteiger partial charge in [-0.25, -0.2) is 4.98 Å². The summed E-state index contributed by atoms with van der Waals surface area (Å²) in [5, 5.41) is 3.09. The Hall–Kier alpha value is -3.82. The van der Waals surface area contributed by atoms with Crippen molar-refractivity contribution in [3.8, 4) is 10.4 Å². The molecule has 0 radical (unpaired) electrons. The molecule has 7 rings (SSSR count). The van der Waals surface area contributed by atoms with Crippen LogP contribution < -0.4 is 15.1 Å². The van der Waals surface area contributed by atoms with E-state index in [1.165, 1.54) is 11.3 Å². The minimum Gasteiger partial charge on any atom is -0.351 e. The standard InChI is InChI=1S/C31H28N4O3S2/c36-30(32-22-12-13-22)26-18-20-14-15-35(25-9-3-2-7-23(25)29(20)39-26)31(37)24-8-5-11-28(33-24)34-16-17-40(38)27-10-4-1-6-21(27)19-34/h1-11,18,22H,12-17,19H2,(H,32,36). The maximum Gasteiger partial charge on any atom is 0.276 e. The van der Waals surface area contributed by atoms with Crippen LogP contribution in [0.5, 0.6) is 0 Å². The molecule has 2 aromatic heterocycles. The summed E-state index contributed by atoms with van der Waals surface area (Å²) in [4.78, 5) is 38.1. The summed E-state index contributed by atoms with van der Waals surface area (Å²) >= 11 is 1.50. The first-order valence-corrected chi connectivity index (χ1v) is 15.7. The number of hydrogen-bond acceptors (Lipinski definition) is 6. The predicted octanol–water partition coefficient (Wildman–Crippen LogP) is 5.03. The van der Waals surface area contributed by atoms with Gasteiger partial charge in [0.1, 0.15) is 11.5 Å². The number of benzene rings is 2. The molecule has 40 heavy (non-hydrogen) atoms. The lowest BCUT2D eigenvalue weighted by Crippen LogP contribution is -2.34. The number of thiophene rings is 1. The van der Waals surface area contributed by atoms with Gasteiger partial charge in [0.25, 0.3) is 11.8 Å². The lowest BCUT2D eigenvalue weighted by molar-refractivity contribution is 0.0952. The van der Waals surface area contributed by atoms with E-state index in [-0.39, 0.29) is 11.8 Å². The summed E-state index contributed by atoms with van der Waals surface area (Å²) in [5.41, 5.74) is 4.28. The van der Waals surface area contributed by atoms with Gasteiger partial charge in [0, 0.05) is 46.8 Å². The maximum absolute atomic E-state index is 14.0. The first-order valence-electron chi connectivity index (χ1n) is 13.6. The molecule has 1 saturated carbocycles. The molecular formula is C31H28N4O3S2. The van der Waals surface area contributed by atoms with Gasteiger partial charge in [0.2, 0.25) is 0 Å². The quantitative estimate of drug-likeness (QED) is 0.373. The number of pyridine rings is 1. The van der Waals surface area contributed by atoms with E-state index < -0.39 is 10.8 Å². The second-order valence-corrected chi connectivity index (χ2v) is 13.0. The summed E-state index contributed by atoms with van der Waals surface area (Å²) < 4.78 is 12.8. The van der Waals surface area contributed by atoms with Crippen LogP contribution in [0.25, 0.3) is 10.4 Å². The van der Waals surface area contributed by atoms with E-state index >= 15 is 0 Å². The molecule has 4 aromatic rings. The molecule has 2 amide bonds. The number of rotatable bonds is 4. The van der Waals surface area contributed by atoms with Crippen molar-refractivity contribution in [1.82, 2.24) is 10.3 Å². The molecule has 1 aliphatic carbocycles. The monoisotopic (exact) mass is 568 g/mol. The highest BCUT2D eigenvalue weighted by atomic mass is 32.2. The molecule has 1 unspecified atom stereocenters. The van der Waals surface area contributed by atoms with Gasteiger partial charge in [-0.3, -0.25) is 13.8 Å². The SMILES string of the molecule is O=C(NC1CC1)c1cc2c(s1)-c1ccccc1N(C(=O)c1cccc(N3CCS(=O)c4ccccc4C3)n1)CC2. The van der Waals surface area contributed by atoms with Crippen molar-refractivity contribution in [2.24, 2.45) is 0 Å². The Balaban J connectivity index is 1.18. The molecule has 4 heterocycles. The Morgan fingerprint density at radius 3 is 2.65 bits per heavy atom. The van der Waals surface area contributed by atoms with Crippen molar-refractivity contribution >= 4 is 45.5 Å². The van der Waals surface area contributed by atoms with Crippen LogP contribution in [-0.2, 0) is 23.8 Å². The number of anilines is 2. The summed E-state index contributed by atoms with van der Waals surface area (Å²) in [7, 11) is -1.06. The predicted molar refractivity (Wildman–Crippen MR) is 159 cm³/mol. The molecule has 2 aliphatic heterocycles. The fourth-order valence-corrected chi connectivity index (χ4v) is 7.81. The fourth-order valence-electron chi connectivity index (χ4n) is 5.40. The van der Waals surface area contributed by atoms with E-state index in [0.29, 0.717) is 49.4 Å². The number of fused-ring (bicyclic) bond motifs is 4. The van der Waals surface area contributed by atoms with Crippen molar-refractivity contribution in [3.05, 3.63) is 94.5 Å². The Labute approximate surface area is 239 Å². The van der Waals surface area contributed by atoms with Crippen LogP contribution in [0.1, 0.15) is 44.1 Å². The molecule has 202 valence electrons. The highest BCUT2D eigenvalue weighted by molar-refractivity contribution is 7.85. The van der Waals surface area contributed by atoms with Gasteiger partial charge < -0.3 is 15.1 Å². The number of nitrogens with zero attached hydrogens (tertiary/aromatic N) is 3. The highest BCUT2D eigenvalue weighted by Gasteiger charge is 2.30. The summed E-state index contributed by atoms with van der Waals surface area (Å²) in [5.74, 6) is 1.05. The average molecular weight is 569 g/mol. The molecular weight excluding hydrogens is 541 g/mol. The van der Waals surface area contributed by atoms with E-state index in [9.17, 15) is 13.8 Å². The van der Waals surface area contributed by atoms with Crippen molar-refractivity contribution in [3.63, 3.8) is 0 Å². The molecule has 1 atom stereocenters. The molecule has 9 heteroatoms. The lowest BCUT2D eigenvalue weighted by Gasteiger charge is -2.25. The number of amides is 2. The topological polar surface area (TPSA) is 82.6 Å². The van der Waals surface area contributed by atoms with Gasteiger partial charge in [-0.05, 0) is 60.7 Å². The molecule has 2 aromatic carbocycles. The second kappa shape index (κ2) is 10.3. The zero-order valence-corrected chi connectivity index (χ0v) is 23.5. The number of carbonyl (C=O) groups is 2. The second-order valence-electron chi connectivity index (χ2n) is 10.4. The van der Waals surface area contributed by atoms with Gasteiger partial charge in [-0.1, -0.05) is 42.5 Å². The summed E-state index contributed by atoms with van der Waals surface area (Å²) in [6.07, 6.45) is 2.75. The van der Waals surface area contributed by atoms with Crippen molar-refractivity contribution in [1.29, 1.82) is 0 Å². The molecule has 1 fully saturated rings. The van der Waals surface area contributed by atoms with Gasteiger partial charge in [-0.2, -0.15) is 0 Å². The molecule has 1 N–H and O–H groups in total. The molecule has 3 aliphatic rings. The van der Waals surface area contributed by atoms with E-state index in [4.69, 9.17) is 4.98 Å². The third-order valence-electron chi connectivity index (χ3n) is 7.64. The van der Waals surface area contributed by atoms with Crippen LogP contribution in [0, 0.1) is 0 Å². The van der Waals surface area contributed by atoms with Gasteiger partial charge >= 0.3 is 0 Å². The number of hydrogen-bond donors (Lipinski definition) is 1. The zero-order valence-electron chi connectivity index (χ0n) is 21.8. The Morgan fingerprint density at radius 1 is 0.950 bits per heavy atom. The van der Waals surface area contributed by atoms with E-state index in [1.54, 1.807) is 6.07 Å². The van der Waals surface area contributed by atoms with Crippen LogP contribution in [0.15, 0.2) is 77.7 Å². The number of aromatic nitrogens is 1. The van der Waals surface area contributed by atoms with Crippen molar-refractivity contribution in [2.45, 2.75) is 36.7 Å². The van der Waals surface area contributed by atoms with Gasteiger partial charge in [0.05, 0.1) is 21.4 Å². The first-order chi connectivity index (χ1) is 19.5. The van der Waals surface area contributed by atoms with Gasteiger partial charge in [0.15, 0.2) is 0 Å². The summed E-state index contributed by atoms with van der Waals surface area (Å²) in [6.45, 7) is 1.68. The highest BCUT2D eigenvalue weighted by Crippen LogP contribution is 2.42.